The van der Waals surface area contributed by atoms with Gasteiger partial charge >= 0.3 is 6.30 Å². The summed E-state index contributed by atoms with van der Waals surface area (Å²) in [6.07, 6.45) is -1.26. The number of aromatic nitrogens is 4. The topological polar surface area (TPSA) is 99.4 Å². The van der Waals surface area contributed by atoms with Crippen LogP contribution in [0.25, 0.3) is 11.4 Å². The Labute approximate surface area is 208 Å². The smallest absolute Gasteiger partial charge is 0.393 e. The number of carbonyl (C=O) groups excluding carboxylic acids is 1. The van der Waals surface area contributed by atoms with Crippen molar-refractivity contribution in [2.45, 2.75) is 11.7 Å². The normalized spacial score (nSPS) is 15.2. The molecule has 1 saturated heterocycles. The largest absolute Gasteiger partial charge is 0.504 e. The lowest BCUT2D eigenvalue weighted by Crippen LogP contribution is -2.47. The maximum Gasteiger partial charge on any atom is 0.504 e. The van der Waals surface area contributed by atoms with Crippen LogP contribution in [0.1, 0.15) is 10.5 Å². The van der Waals surface area contributed by atoms with Gasteiger partial charge in [0.1, 0.15) is 17.3 Å². The molecule has 3 heterocycles. The molecule has 0 aliphatic carbocycles. The summed E-state index contributed by atoms with van der Waals surface area (Å²) < 4.78 is 52.2. The maximum absolute atomic E-state index is 13.3. The van der Waals surface area contributed by atoms with E-state index in [9.17, 15) is 27.5 Å². The predicted octanol–water partition coefficient (Wildman–Crippen LogP) is 2.69. The Morgan fingerprint density at radius 3 is 2.39 bits per heavy atom. The van der Waals surface area contributed by atoms with Crippen LogP contribution in [0.3, 0.4) is 0 Å². The molecule has 2 N–H and O–H groups in total. The van der Waals surface area contributed by atoms with Gasteiger partial charge in [-0.1, -0.05) is 0 Å². The number of hydrogen-bond acceptors (Lipinski definition) is 8. The quantitative estimate of drug-likeness (QED) is 0.359. The third-order valence-electron chi connectivity index (χ3n) is 5.58. The van der Waals surface area contributed by atoms with Gasteiger partial charge in [-0.2, -0.15) is 9.78 Å². The number of alkyl halides is 3. The van der Waals surface area contributed by atoms with E-state index in [1.807, 2.05) is 4.90 Å². The number of carbonyl (C=O) groups is 1. The van der Waals surface area contributed by atoms with Gasteiger partial charge in [0, 0.05) is 44.1 Å². The Bertz CT molecular complexity index is 1190. The minimum absolute atomic E-state index is 0.00301. The van der Waals surface area contributed by atoms with E-state index in [0.29, 0.717) is 32.0 Å². The summed E-state index contributed by atoms with van der Waals surface area (Å²) in [7, 11) is 0. The lowest BCUT2D eigenvalue weighted by molar-refractivity contribution is -0.212. The minimum Gasteiger partial charge on any atom is -0.393 e. The predicted molar refractivity (Wildman–Crippen MR) is 127 cm³/mol. The van der Waals surface area contributed by atoms with E-state index in [0.717, 1.165) is 18.1 Å². The number of benzene rings is 1. The molecule has 14 heteroatoms. The first kappa shape index (κ1) is 25.7. The van der Waals surface area contributed by atoms with Crippen molar-refractivity contribution in [3.8, 4) is 11.4 Å². The molecule has 192 valence electrons. The molecule has 1 fully saturated rings. The number of nitrogens with one attached hydrogen (secondary N) is 1. The fourth-order valence-electron chi connectivity index (χ4n) is 3.66. The van der Waals surface area contributed by atoms with Crippen LogP contribution < -0.4 is 15.1 Å². The highest BCUT2D eigenvalue weighted by Crippen LogP contribution is 2.26. The minimum atomic E-state index is -4.71. The average molecular weight is 526 g/mol. The van der Waals surface area contributed by atoms with E-state index >= 15 is 0 Å². The Balaban J connectivity index is 1.61. The molecule has 0 bridgehead atoms. The van der Waals surface area contributed by atoms with Crippen LogP contribution in [-0.4, -0.2) is 75.2 Å². The standard InChI is InChI=1S/C22H23F4N7O2S/c1-36-19(13-34)30-21(35)17-10-18(29-20(28-17)14-11-27-33(12-14)22(24,25)26)32-8-6-31(7-9-32)16-4-2-15(23)3-5-16/h2-5,10-12,19,34H,6-9,13H2,1H3,(H,30,35). The van der Waals surface area contributed by atoms with Crippen molar-refractivity contribution >= 4 is 29.2 Å². The molecule has 1 aliphatic heterocycles. The Kier molecular flexibility index (Phi) is 7.64. The van der Waals surface area contributed by atoms with Crippen molar-refractivity contribution in [1.29, 1.82) is 0 Å². The molecule has 2 aromatic heterocycles. The molecule has 9 nitrogen and oxygen atoms in total. The van der Waals surface area contributed by atoms with Gasteiger partial charge < -0.3 is 20.2 Å². The van der Waals surface area contributed by atoms with Crippen molar-refractivity contribution in [1.82, 2.24) is 25.1 Å². The summed E-state index contributed by atoms with van der Waals surface area (Å²) in [5.74, 6) is -0.635. The number of anilines is 2. The van der Waals surface area contributed by atoms with E-state index in [2.05, 4.69) is 25.3 Å². The monoisotopic (exact) mass is 525 g/mol. The molecular formula is C22H23F4N7O2S. The highest BCUT2D eigenvalue weighted by atomic mass is 32.2. The number of nitrogens with zero attached hydrogens (tertiary/aromatic N) is 6. The van der Waals surface area contributed by atoms with E-state index in [-0.39, 0.29) is 34.2 Å². The number of amides is 1. The first-order chi connectivity index (χ1) is 17.2. The second-order valence-electron chi connectivity index (χ2n) is 7.91. The maximum atomic E-state index is 13.3. The van der Waals surface area contributed by atoms with Gasteiger partial charge in [-0.25, -0.2) is 14.4 Å². The van der Waals surface area contributed by atoms with Gasteiger partial charge in [-0.3, -0.25) is 4.79 Å². The molecule has 1 unspecified atom stereocenters. The highest BCUT2D eigenvalue weighted by molar-refractivity contribution is 7.99. The molecule has 0 saturated carbocycles. The molecule has 1 aromatic carbocycles. The number of aliphatic hydroxyl groups excluding tert-OH is 1. The molecule has 4 rings (SSSR count). The zero-order valence-electron chi connectivity index (χ0n) is 19.1. The van der Waals surface area contributed by atoms with E-state index < -0.39 is 17.6 Å². The lowest BCUT2D eigenvalue weighted by atomic mass is 10.2. The molecule has 0 spiro atoms. The van der Waals surface area contributed by atoms with Crippen LogP contribution in [0.4, 0.5) is 29.1 Å². The van der Waals surface area contributed by atoms with Gasteiger partial charge in [0.15, 0.2) is 5.82 Å². The number of piperazine rings is 1. The van der Waals surface area contributed by atoms with Crippen LogP contribution in [0, 0.1) is 5.82 Å². The fraction of sp³-hybridized carbons (Fsp3) is 0.364. The molecule has 0 radical (unpaired) electrons. The van der Waals surface area contributed by atoms with E-state index in [1.165, 1.54) is 30.0 Å². The average Bonchev–Trinajstić information content (AvgIpc) is 3.39. The molecule has 1 aliphatic rings. The number of halogens is 4. The molecule has 1 atom stereocenters. The highest BCUT2D eigenvalue weighted by Gasteiger charge is 2.32. The number of thioether (sulfide) groups is 1. The van der Waals surface area contributed by atoms with Crippen LogP contribution in [0.2, 0.25) is 0 Å². The van der Waals surface area contributed by atoms with Crippen LogP contribution >= 0.6 is 11.8 Å². The van der Waals surface area contributed by atoms with Gasteiger partial charge in [0.2, 0.25) is 0 Å². The summed E-state index contributed by atoms with van der Waals surface area (Å²) in [6, 6.07) is 7.63. The SMILES string of the molecule is CSC(CO)NC(=O)c1cc(N2CCN(c3ccc(F)cc3)CC2)nc(-c2cnn(C(F)(F)F)c2)n1. The van der Waals surface area contributed by atoms with Crippen molar-refractivity contribution in [2.24, 2.45) is 0 Å². The Morgan fingerprint density at radius 2 is 1.81 bits per heavy atom. The van der Waals surface area contributed by atoms with Crippen molar-refractivity contribution < 1.29 is 27.5 Å². The number of hydrogen-bond donors (Lipinski definition) is 2. The van der Waals surface area contributed by atoms with Gasteiger partial charge in [-0.15, -0.1) is 24.9 Å². The van der Waals surface area contributed by atoms with Gasteiger partial charge in [-0.05, 0) is 30.5 Å². The zero-order valence-corrected chi connectivity index (χ0v) is 19.9. The zero-order chi connectivity index (χ0) is 25.9. The second kappa shape index (κ2) is 10.7. The fourth-order valence-corrected chi connectivity index (χ4v) is 4.04. The van der Waals surface area contributed by atoms with Gasteiger partial charge in [0.25, 0.3) is 5.91 Å². The summed E-state index contributed by atoms with van der Waals surface area (Å²) in [5, 5.41) is 14.8. The van der Waals surface area contributed by atoms with Gasteiger partial charge in [0.05, 0.1) is 23.7 Å². The van der Waals surface area contributed by atoms with Crippen molar-refractivity contribution in [3.63, 3.8) is 0 Å². The third kappa shape index (κ3) is 5.87. The molecule has 36 heavy (non-hydrogen) atoms. The van der Waals surface area contributed by atoms with Crippen molar-refractivity contribution in [2.75, 3.05) is 48.8 Å². The second-order valence-corrected chi connectivity index (χ2v) is 8.95. The molecular weight excluding hydrogens is 502 g/mol. The van der Waals surface area contributed by atoms with Crippen LogP contribution in [-0.2, 0) is 6.30 Å². The summed E-state index contributed by atoms with van der Waals surface area (Å²) in [6.45, 7) is 1.86. The lowest BCUT2D eigenvalue weighted by Gasteiger charge is -2.36. The summed E-state index contributed by atoms with van der Waals surface area (Å²) >= 11 is 1.23. The number of rotatable bonds is 7. The summed E-state index contributed by atoms with van der Waals surface area (Å²) in [4.78, 5) is 25.4. The number of aliphatic hydroxyl groups is 1. The van der Waals surface area contributed by atoms with E-state index in [4.69, 9.17) is 0 Å². The van der Waals surface area contributed by atoms with Crippen LogP contribution in [0.5, 0.6) is 0 Å². The first-order valence-corrected chi connectivity index (χ1v) is 12.2. The molecule has 1 amide bonds. The Hall–Kier alpha value is -3.39. The van der Waals surface area contributed by atoms with Crippen molar-refractivity contribution in [3.05, 3.63) is 54.2 Å². The molecule has 3 aromatic rings. The first-order valence-electron chi connectivity index (χ1n) is 10.9. The third-order valence-corrected chi connectivity index (χ3v) is 6.42. The Morgan fingerprint density at radius 1 is 1.14 bits per heavy atom. The van der Waals surface area contributed by atoms with E-state index in [1.54, 1.807) is 18.4 Å². The summed E-state index contributed by atoms with van der Waals surface area (Å²) in [5.41, 5.74) is 0.811. The van der Waals surface area contributed by atoms with Crippen LogP contribution in [0.15, 0.2) is 42.7 Å².